The van der Waals surface area contributed by atoms with E-state index in [1.54, 1.807) is 18.5 Å². The van der Waals surface area contributed by atoms with E-state index in [9.17, 15) is 9.18 Å². The van der Waals surface area contributed by atoms with Gasteiger partial charge in [0.1, 0.15) is 5.82 Å². The van der Waals surface area contributed by atoms with Crippen LogP contribution in [0.4, 0.5) is 4.39 Å². The summed E-state index contributed by atoms with van der Waals surface area (Å²) in [6.07, 6.45) is 4.21. The lowest BCUT2D eigenvalue weighted by Crippen LogP contribution is -2.26. The van der Waals surface area contributed by atoms with Gasteiger partial charge in [-0.05, 0) is 12.1 Å². The van der Waals surface area contributed by atoms with Gasteiger partial charge in [0.2, 0.25) is 0 Å². The van der Waals surface area contributed by atoms with Crippen LogP contribution in [0, 0.1) is 5.82 Å². The molecule has 0 saturated carbocycles. The maximum atomic E-state index is 13.3. The topological polar surface area (TPSA) is 46.9 Å². The fourth-order valence-corrected chi connectivity index (χ4v) is 1.64. The fraction of sp³-hybridized carbons (Fsp3) is 0.231. The van der Waals surface area contributed by atoms with E-state index in [-0.39, 0.29) is 5.56 Å². The summed E-state index contributed by atoms with van der Waals surface area (Å²) in [5.41, 5.74) is 0.963. The molecule has 1 amide bonds. The molecule has 18 heavy (non-hydrogen) atoms. The van der Waals surface area contributed by atoms with E-state index in [0.29, 0.717) is 13.0 Å². The van der Waals surface area contributed by atoms with E-state index >= 15 is 0 Å². The van der Waals surface area contributed by atoms with Gasteiger partial charge in [-0.25, -0.2) is 9.37 Å². The molecule has 0 radical (unpaired) electrons. The van der Waals surface area contributed by atoms with Gasteiger partial charge in [0.05, 0.1) is 17.6 Å². The van der Waals surface area contributed by atoms with Crippen molar-refractivity contribution in [1.82, 2.24) is 14.9 Å². The van der Waals surface area contributed by atoms with Gasteiger partial charge in [-0.3, -0.25) is 4.79 Å². The van der Waals surface area contributed by atoms with Gasteiger partial charge in [-0.15, -0.1) is 0 Å². The first-order chi connectivity index (χ1) is 8.66. The number of halogens is 1. The summed E-state index contributed by atoms with van der Waals surface area (Å²) < 4.78 is 15.2. The molecule has 0 aliphatic heterocycles. The highest BCUT2D eigenvalue weighted by molar-refractivity contribution is 5.94. The van der Waals surface area contributed by atoms with E-state index in [1.165, 1.54) is 12.1 Å². The fourth-order valence-electron chi connectivity index (χ4n) is 1.64. The number of aromatic nitrogens is 2. The normalized spacial score (nSPS) is 10.3. The third-order valence-electron chi connectivity index (χ3n) is 2.54. The van der Waals surface area contributed by atoms with Gasteiger partial charge >= 0.3 is 0 Å². The van der Waals surface area contributed by atoms with Crippen molar-refractivity contribution in [3.05, 3.63) is 53.9 Å². The van der Waals surface area contributed by atoms with Crippen molar-refractivity contribution in [3.63, 3.8) is 0 Å². The first-order valence-corrected chi connectivity index (χ1v) is 5.66. The summed E-state index contributed by atoms with van der Waals surface area (Å²) in [4.78, 5) is 15.8. The summed E-state index contributed by atoms with van der Waals surface area (Å²) in [5, 5.41) is 2.67. The molecule has 0 unspecified atom stereocenters. The maximum absolute atomic E-state index is 13.3. The zero-order chi connectivity index (χ0) is 13.0. The Bertz CT molecular complexity index is 551. The van der Waals surface area contributed by atoms with E-state index in [2.05, 4.69) is 10.3 Å². The standard InChI is InChI=1S/C13H14FN3O/c1-17-8-10(16-9-17)6-7-15-13(18)11-4-2-3-5-12(11)14/h2-5,8-9H,6-7H2,1H3,(H,15,18). The van der Waals surface area contributed by atoms with Crippen LogP contribution < -0.4 is 5.32 Å². The molecule has 2 aromatic rings. The Hall–Kier alpha value is -2.17. The molecule has 0 aliphatic carbocycles. The van der Waals surface area contributed by atoms with Crippen molar-refractivity contribution < 1.29 is 9.18 Å². The third kappa shape index (κ3) is 2.94. The minimum atomic E-state index is -0.507. The highest BCUT2D eigenvalue weighted by atomic mass is 19.1. The predicted molar refractivity (Wildman–Crippen MR) is 65.6 cm³/mol. The van der Waals surface area contributed by atoms with Crippen LogP contribution in [-0.2, 0) is 13.5 Å². The summed E-state index contributed by atoms with van der Waals surface area (Å²) in [5.74, 6) is -0.906. The highest BCUT2D eigenvalue weighted by Crippen LogP contribution is 2.05. The quantitative estimate of drug-likeness (QED) is 0.890. The first-order valence-electron chi connectivity index (χ1n) is 5.66. The average Bonchev–Trinajstić information content (AvgIpc) is 2.75. The van der Waals surface area contributed by atoms with Crippen LogP contribution >= 0.6 is 0 Å². The van der Waals surface area contributed by atoms with Crippen LogP contribution in [0.15, 0.2) is 36.8 Å². The van der Waals surface area contributed by atoms with E-state index in [4.69, 9.17) is 0 Å². The summed E-state index contributed by atoms with van der Waals surface area (Å²) >= 11 is 0. The summed E-state index contributed by atoms with van der Waals surface area (Å²) in [7, 11) is 1.88. The van der Waals surface area contributed by atoms with Crippen molar-refractivity contribution in [2.24, 2.45) is 7.05 Å². The molecule has 94 valence electrons. The van der Waals surface area contributed by atoms with Crippen LogP contribution in [0.1, 0.15) is 16.1 Å². The van der Waals surface area contributed by atoms with Crippen molar-refractivity contribution in [2.75, 3.05) is 6.54 Å². The molecular formula is C13H14FN3O. The maximum Gasteiger partial charge on any atom is 0.254 e. The smallest absolute Gasteiger partial charge is 0.254 e. The minimum Gasteiger partial charge on any atom is -0.352 e. The van der Waals surface area contributed by atoms with Crippen LogP contribution in [0.25, 0.3) is 0 Å². The molecule has 0 saturated heterocycles. The van der Waals surface area contributed by atoms with Crippen LogP contribution in [-0.4, -0.2) is 22.0 Å². The average molecular weight is 247 g/mol. The molecule has 2 rings (SSSR count). The monoisotopic (exact) mass is 247 g/mol. The van der Waals surface area contributed by atoms with Crippen molar-refractivity contribution >= 4 is 5.91 Å². The van der Waals surface area contributed by atoms with Crippen LogP contribution in [0.5, 0.6) is 0 Å². The van der Waals surface area contributed by atoms with Gasteiger partial charge in [0, 0.05) is 26.2 Å². The molecule has 1 N–H and O–H groups in total. The highest BCUT2D eigenvalue weighted by Gasteiger charge is 2.09. The lowest BCUT2D eigenvalue weighted by atomic mass is 10.2. The number of nitrogens with one attached hydrogen (secondary N) is 1. The van der Waals surface area contributed by atoms with Gasteiger partial charge in [-0.2, -0.15) is 0 Å². The Morgan fingerprint density at radius 2 is 2.22 bits per heavy atom. The molecule has 0 fully saturated rings. The molecule has 1 heterocycles. The number of amides is 1. The van der Waals surface area contributed by atoms with Gasteiger partial charge < -0.3 is 9.88 Å². The molecule has 4 nitrogen and oxygen atoms in total. The molecule has 0 bridgehead atoms. The second-order valence-corrected chi connectivity index (χ2v) is 4.02. The number of carbonyl (C=O) groups excluding carboxylic acids is 1. The number of benzene rings is 1. The number of hydrogen-bond donors (Lipinski definition) is 1. The van der Waals surface area contributed by atoms with E-state index in [1.807, 2.05) is 17.8 Å². The SMILES string of the molecule is Cn1cnc(CCNC(=O)c2ccccc2F)c1. The number of rotatable bonds is 4. The Morgan fingerprint density at radius 1 is 1.44 bits per heavy atom. The molecule has 1 aromatic heterocycles. The van der Waals surface area contributed by atoms with Gasteiger partial charge in [-0.1, -0.05) is 12.1 Å². The molecule has 5 heteroatoms. The first kappa shape index (κ1) is 12.3. The predicted octanol–water partition coefficient (Wildman–Crippen LogP) is 1.53. The minimum absolute atomic E-state index is 0.0681. The lowest BCUT2D eigenvalue weighted by molar-refractivity contribution is 0.0950. The lowest BCUT2D eigenvalue weighted by Gasteiger charge is -2.04. The summed E-state index contributed by atoms with van der Waals surface area (Å²) in [6.45, 7) is 0.435. The molecule has 0 aliphatic rings. The number of imidazole rings is 1. The zero-order valence-corrected chi connectivity index (χ0v) is 10.1. The Kier molecular flexibility index (Phi) is 3.72. The molecule has 0 spiro atoms. The number of nitrogens with zero attached hydrogens (tertiary/aromatic N) is 2. The number of hydrogen-bond acceptors (Lipinski definition) is 2. The second kappa shape index (κ2) is 5.44. The third-order valence-corrected chi connectivity index (χ3v) is 2.54. The summed E-state index contributed by atoms with van der Waals surface area (Å²) in [6, 6.07) is 5.93. The zero-order valence-electron chi connectivity index (χ0n) is 10.1. The number of aryl methyl sites for hydroxylation is 1. The van der Waals surface area contributed by atoms with E-state index < -0.39 is 11.7 Å². The van der Waals surface area contributed by atoms with Crippen molar-refractivity contribution in [1.29, 1.82) is 0 Å². The Morgan fingerprint density at radius 3 is 2.89 bits per heavy atom. The van der Waals surface area contributed by atoms with Crippen molar-refractivity contribution in [2.45, 2.75) is 6.42 Å². The van der Waals surface area contributed by atoms with Crippen LogP contribution in [0.3, 0.4) is 0 Å². The number of carbonyl (C=O) groups is 1. The van der Waals surface area contributed by atoms with Gasteiger partial charge in [0.15, 0.2) is 0 Å². The Balaban J connectivity index is 1.87. The molecular weight excluding hydrogens is 233 g/mol. The molecule has 1 aromatic carbocycles. The van der Waals surface area contributed by atoms with E-state index in [0.717, 1.165) is 5.69 Å². The second-order valence-electron chi connectivity index (χ2n) is 4.02. The van der Waals surface area contributed by atoms with Gasteiger partial charge in [0.25, 0.3) is 5.91 Å². The Labute approximate surface area is 104 Å². The molecule has 0 atom stereocenters. The largest absolute Gasteiger partial charge is 0.352 e. The van der Waals surface area contributed by atoms with Crippen LogP contribution in [0.2, 0.25) is 0 Å². The van der Waals surface area contributed by atoms with Crippen molar-refractivity contribution in [3.8, 4) is 0 Å².